The number of rotatable bonds is 7. The van der Waals surface area contributed by atoms with E-state index >= 15 is 0 Å². The first-order valence-electron chi connectivity index (χ1n) is 11.7. The van der Waals surface area contributed by atoms with E-state index in [2.05, 4.69) is 29.6 Å². The largest absolute Gasteiger partial charge is 0.347 e. The van der Waals surface area contributed by atoms with Gasteiger partial charge in [-0.3, -0.25) is 14.4 Å². The third kappa shape index (κ3) is 4.79. The number of piperidine rings is 1. The zero-order chi connectivity index (χ0) is 22.7. The Labute approximate surface area is 189 Å². The fraction of sp³-hybridized carbons (Fsp3) is 0.500. The Kier molecular flexibility index (Phi) is 6.49. The van der Waals surface area contributed by atoms with Gasteiger partial charge in [0.05, 0.1) is 11.5 Å². The number of carbonyl (C=O) groups excluding carboxylic acids is 3. The van der Waals surface area contributed by atoms with E-state index in [4.69, 9.17) is 0 Å². The van der Waals surface area contributed by atoms with Crippen LogP contribution in [-0.2, 0) is 19.9 Å². The van der Waals surface area contributed by atoms with Gasteiger partial charge < -0.3 is 15.1 Å². The molecule has 0 unspecified atom stereocenters. The Morgan fingerprint density at radius 2 is 1.72 bits per heavy atom. The van der Waals surface area contributed by atoms with Crippen molar-refractivity contribution in [1.29, 1.82) is 0 Å². The van der Waals surface area contributed by atoms with Crippen LogP contribution in [0.5, 0.6) is 0 Å². The average Bonchev–Trinajstić information content (AvgIpc) is 3.19. The number of fused-ring (bicyclic) bond motifs is 1. The molecule has 3 amide bonds. The van der Waals surface area contributed by atoms with E-state index in [-0.39, 0.29) is 23.6 Å². The quantitative estimate of drug-likeness (QED) is 0.724. The van der Waals surface area contributed by atoms with E-state index in [0.29, 0.717) is 38.9 Å². The lowest BCUT2D eigenvalue weighted by molar-refractivity contribution is -0.138. The van der Waals surface area contributed by atoms with Gasteiger partial charge in [0, 0.05) is 39.0 Å². The summed E-state index contributed by atoms with van der Waals surface area (Å²) in [7, 11) is 0. The number of hydrogen-bond acceptors (Lipinski definition) is 3. The van der Waals surface area contributed by atoms with Gasteiger partial charge in [0.25, 0.3) is 0 Å². The van der Waals surface area contributed by atoms with E-state index in [1.807, 2.05) is 36.9 Å². The van der Waals surface area contributed by atoms with Crippen molar-refractivity contribution >= 4 is 28.5 Å². The molecule has 2 heterocycles. The molecule has 170 valence electrons. The Balaban J connectivity index is 1.38. The summed E-state index contributed by atoms with van der Waals surface area (Å²) in [4.78, 5) is 41.1. The second kappa shape index (κ2) is 9.31. The van der Waals surface area contributed by atoms with Crippen LogP contribution >= 0.6 is 0 Å². The number of nitrogens with zero attached hydrogens (tertiary/aromatic N) is 2. The molecule has 1 atom stereocenters. The molecule has 2 fully saturated rings. The van der Waals surface area contributed by atoms with E-state index in [1.54, 1.807) is 4.90 Å². The number of nitrogens with one attached hydrogen (secondary N) is 1. The third-order valence-electron chi connectivity index (χ3n) is 6.80. The molecule has 2 aromatic carbocycles. The zero-order valence-electron chi connectivity index (χ0n) is 19.1. The predicted octanol–water partition coefficient (Wildman–Crippen LogP) is 3.44. The highest BCUT2D eigenvalue weighted by atomic mass is 16.2. The monoisotopic (exact) mass is 435 g/mol. The molecule has 6 heteroatoms. The van der Waals surface area contributed by atoms with Gasteiger partial charge in [0.15, 0.2) is 0 Å². The fourth-order valence-corrected chi connectivity index (χ4v) is 4.99. The molecule has 2 aromatic rings. The first-order chi connectivity index (χ1) is 15.3. The summed E-state index contributed by atoms with van der Waals surface area (Å²) >= 11 is 0. The summed E-state index contributed by atoms with van der Waals surface area (Å²) in [5.74, 6) is 0.100. The SMILES string of the molecule is CC(C)(NC(=O)[C@H]1CCC(=O)N(CCCN2CCCC2=O)C1)c1cccc2ccccc12. The highest BCUT2D eigenvalue weighted by Crippen LogP contribution is 2.29. The van der Waals surface area contributed by atoms with Crippen LogP contribution in [0.15, 0.2) is 42.5 Å². The minimum Gasteiger partial charge on any atom is -0.347 e. The Morgan fingerprint density at radius 1 is 1.00 bits per heavy atom. The van der Waals surface area contributed by atoms with Crippen molar-refractivity contribution in [2.24, 2.45) is 5.92 Å². The number of benzene rings is 2. The van der Waals surface area contributed by atoms with Crippen molar-refractivity contribution in [2.45, 2.75) is 51.5 Å². The van der Waals surface area contributed by atoms with Crippen LogP contribution in [0, 0.1) is 5.92 Å². The molecule has 0 aliphatic carbocycles. The molecule has 0 spiro atoms. The smallest absolute Gasteiger partial charge is 0.225 e. The summed E-state index contributed by atoms with van der Waals surface area (Å²) < 4.78 is 0. The molecule has 2 aliphatic heterocycles. The summed E-state index contributed by atoms with van der Waals surface area (Å²) in [5.41, 5.74) is 0.559. The van der Waals surface area contributed by atoms with Crippen molar-refractivity contribution < 1.29 is 14.4 Å². The molecule has 0 bridgehead atoms. The minimum absolute atomic E-state index is 0.00449. The van der Waals surface area contributed by atoms with Crippen molar-refractivity contribution in [1.82, 2.24) is 15.1 Å². The molecule has 4 rings (SSSR count). The van der Waals surface area contributed by atoms with Crippen LogP contribution in [0.2, 0.25) is 0 Å². The van der Waals surface area contributed by atoms with Crippen LogP contribution in [-0.4, -0.2) is 53.7 Å². The standard InChI is InChI=1S/C26H33N3O3/c1-26(2,22-11-5-9-19-8-3-4-10-21(19)22)27-25(32)20-13-14-24(31)29(18-20)17-7-16-28-15-6-12-23(28)30/h3-5,8-11,20H,6-7,12-18H2,1-2H3,(H,27,32)/t20-/m0/s1. The van der Waals surface area contributed by atoms with E-state index in [1.165, 1.54) is 0 Å². The maximum Gasteiger partial charge on any atom is 0.225 e. The molecular weight excluding hydrogens is 402 g/mol. The number of likely N-dealkylation sites (tertiary alicyclic amines) is 2. The normalized spacial score (nSPS) is 19.6. The third-order valence-corrected chi connectivity index (χ3v) is 6.80. The summed E-state index contributed by atoms with van der Waals surface area (Å²) in [6.45, 7) is 6.62. The van der Waals surface area contributed by atoms with E-state index < -0.39 is 5.54 Å². The number of carbonyl (C=O) groups is 3. The predicted molar refractivity (Wildman–Crippen MR) is 125 cm³/mol. The van der Waals surface area contributed by atoms with Gasteiger partial charge in [-0.1, -0.05) is 42.5 Å². The fourth-order valence-electron chi connectivity index (χ4n) is 4.99. The van der Waals surface area contributed by atoms with Gasteiger partial charge in [0.1, 0.15) is 0 Å². The van der Waals surface area contributed by atoms with Gasteiger partial charge in [-0.05, 0) is 49.4 Å². The van der Waals surface area contributed by atoms with Crippen molar-refractivity contribution in [3.05, 3.63) is 48.0 Å². The zero-order valence-corrected chi connectivity index (χ0v) is 19.1. The van der Waals surface area contributed by atoms with Gasteiger partial charge in [-0.25, -0.2) is 0 Å². The molecule has 2 saturated heterocycles. The molecule has 32 heavy (non-hydrogen) atoms. The molecular formula is C26H33N3O3. The maximum absolute atomic E-state index is 13.2. The molecule has 1 N–H and O–H groups in total. The van der Waals surface area contributed by atoms with Gasteiger partial charge in [-0.15, -0.1) is 0 Å². The Hall–Kier alpha value is -2.89. The lowest BCUT2D eigenvalue weighted by atomic mass is 9.88. The van der Waals surface area contributed by atoms with Crippen molar-refractivity contribution in [2.75, 3.05) is 26.2 Å². The van der Waals surface area contributed by atoms with Crippen molar-refractivity contribution in [3.63, 3.8) is 0 Å². The molecule has 0 saturated carbocycles. The van der Waals surface area contributed by atoms with Crippen LogP contribution in [0.1, 0.15) is 51.5 Å². The first-order valence-corrected chi connectivity index (χ1v) is 11.7. The molecule has 0 aromatic heterocycles. The van der Waals surface area contributed by atoms with Crippen molar-refractivity contribution in [3.8, 4) is 0 Å². The van der Waals surface area contributed by atoms with Gasteiger partial charge >= 0.3 is 0 Å². The Bertz CT molecular complexity index is 1010. The van der Waals surface area contributed by atoms with Gasteiger partial charge in [0.2, 0.25) is 17.7 Å². The maximum atomic E-state index is 13.2. The summed E-state index contributed by atoms with van der Waals surface area (Å²) in [6.07, 6.45) is 3.30. The number of hydrogen-bond donors (Lipinski definition) is 1. The highest BCUT2D eigenvalue weighted by molar-refractivity contribution is 5.88. The second-order valence-corrected chi connectivity index (χ2v) is 9.55. The Morgan fingerprint density at radius 3 is 2.50 bits per heavy atom. The molecule has 2 aliphatic rings. The molecule has 6 nitrogen and oxygen atoms in total. The second-order valence-electron chi connectivity index (χ2n) is 9.55. The van der Waals surface area contributed by atoms with Crippen LogP contribution in [0.25, 0.3) is 10.8 Å². The average molecular weight is 436 g/mol. The van der Waals surface area contributed by atoms with E-state index in [0.717, 1.165) is 35.7 Å². The lowest BCUT2D eigenvalue weighted by Crippen LogP contribution is -2.50. The minimum atomic E-state index is -0.527. The van der Waals surface area contributed by atoms with E-state index in [9.17, 15) is 14.4 Å². The van der Waals surface area contributed by atoms with Crippen LogP contribution < -0.4 is 5.32 Å². The summed E-state index contributed by atoms with van der Waals surface area (Å²) in [6, 6.07) is 14.4. The first kappa shape index (κ1) is 22.3. The summed E-state index contributed by atoms with van der Waals surface area (Å²) in [5, 5.41) is 5.53. The lowest BCUT2D eigenvalue weighted by Gasteiger charge is -2.35. The molecule has 0 radical (unpaired) electrons. The number of amides is 3. The van der Waals surface area contributed by atoms with Gasteiger partial charge in [-0.2, -0.15) is 0 Å². The van der Waals surface area contributed by atoms with Crippen LogP contribution in [0.3, 0.4) is 0 Å². The topological polar surface area (TPSA) is 69.7 Å². The highest BCUT2D eigenvalue weighted by Gasteiger charge is 2.33. The van der Waals surface area contributed by atoms with Crippen LogP contribution in [0.4, 0.5) is 0 Å².